The number of aromatic nitrogens is 4. The molecular formula is C24H18Cl2N6O3. The van der Waals surface area contributed by atoms with Crippen molar-refractivity contribution in [3.63, 3.8) is 0 Å². The molecule has 0 saturated carbocycles. The van der Waals surface area contributed by atoms with E-state index in [1.165, 1.54) is 6.33 Å². The maximum atomic E-state index is 12.4. The number of amides is 2. The molecule has 0 fully saturated rings. The number of rotatable bonds is 5. The number of hydrogen-bond acceptors (Lipinski definition) is 6. The molecule has 11 heteroatoms. The molecule has 0 bridgehead atoms. The van der Waals surface area contributed by atoms with Crippen LogP contribution in [0.5, 0.6) is 11.5 Å². The van der Waals surface area contributed by atoms with Crippen molar-refractivity contribution in [2.45, 2.75) is 0 Å². The number of nitrogens with zero attached hydrogens (tertiary/aromatic N) is 4. The maximum absolute atomic E-state index is 12.4. The first-order valence-corrected chi connectivity index (χ1v) is 11.1. The number of anilines is 2. The summed E-state index contributed by atoms with van der Waals surface area (Å²) in [5, 5.41) is 12.4. The Bertz CT molecular complexity index is 1590. The number of benzene rings is 3. The van der Waals surface area contributed by atoms with Gasteiger partial charge in [0.1, 0.15) is 6.33 Å². The van der Waals surface area contributed by atoms with Crippen LogP contribution in [-0.4, -0.2) is 40.0 Å². The van der Waals surface area contributed by atoms with E-state index in [1.807, 2.05) is 18.2 Å². The summed E-state index contributed by atoms with van der Waals surface area (Å²) in [6.45, 7) is 0. The molecule has 0 atom stereocenters. The number of carbonyl (C=O) groups is 1. The Labute approximate surface area is 209 Å². The fraction of sp³-hybridized carbons (Fsp3) is 0.0833. The topological polar surface area (TPSA) is 103 Å². The number of fused-ring (bicyclic) bond motifs is 2. The van der Waals surface area contributed by atoms with Gasteiger partial charge in [0.15, 0.2) is 17.3 Å². The van der Waals surface area contributed by atoms with E-state index in [9.17, 15) is 4.79 Å². The largest absolute Gasteiger partial charge is 0.493 e. The number of urea groups is 1. The molecule has 2 amide bonds. The van der Waals surface area contributed by atoms with Gasteiger partial charge in [-0.25, -0.2) is 19.4 Å². The molecule has 0 aliphatic rings. The van der Waals surface area contributed by atoms with Gasteiger partial charge in [-0.15, -0.1) is 0 Å². The molecule has 5 aromatic rings. The van der Waals surface area contributed by atoms with E-state index in [2.05, 4.69) is 25.7 Å². The fourth-order valence-electron chi connectivity index (χ4n) is 3.69. The standard InChI is InChI=1S/C24H18Cl2N6O3/c1-34-21-9-16-19(10-22(21)35-2)27-12-28-23(16)32-20-6-4-14(7-13(20)11-29-32)30-24(33)31-15-3-5-17(25)18(26)8-15/h3-12H,1-2H3,(H2,30,31,33). The minimum absolute atomic E-state index is 0.353. The van der Waals surface area contributed by atoms with Gasteiger partial charge in [-0.05, 0) is 42.5 Å². The highest BCUT2D eigenvalue weighted by Gasteiger charge is 2.15. The summed E-state index contributed by atoms with van der Waals surface area (Å²) in [5.74, 6) is 1.72. The van der Waals surface area contributed by atoms with E-state index >= 15 is 0 Å². The van der Waals surface area contributed by atoms with E-state index in [4.69, 9.17) is 32.7 Å². The summed E-state index contributed by atoms with van der Waals surface area (Å²) in [4.78, 5) is 21.2. The molecule has 5 rings (SSSR count). The second kappa shape index (κ2) is 9.28. The third-order valence-electron chi connectivity index (χ3n) is 5.32. The number of carbonyl (C=O) groups excluding carboxylic acids is 1. The van der Waals surface area contributed by atoms with Gasteiger partial charge >= 0.3 is 6.03 Å². The van der Waals surface area contributed by atoms with Crippen molar-refractivity contribution < 1.29 is 14.3 Å². The molecule has 9 nitrogen and oxygen atoms in total. The number of ether oxygens (including phenoxy) is 2. The predicted octanol–water partition coefficient (Wildman–Crippen LogP) is 5.94. The number of nitrogens with one attached hydrogen (secondary N) is 2. The predicted molar refractivity (Wildman–Crippen MR) is 136 cm³/mol. The van der Waals surface area contributed by atoms with Gasteiger partial charge in [0.05, 0.1) is 41.5 Å². The molecule has 0 unspecified atom stereocenters. The zero-order chi connectivity index (χ0) is 24.5. The second-order valence-corrected chi connectivity index (χ2v) is 8.27. The van der Waals surface area contributed by atoms with Crippen molar-refractivity contribution in [2.24, 2.45) is 0 Å². The highest BCUT2D eigenvalue weighted by molar-refractivity contribution is 6.42. The highest BCUT2D eigenvalue weighted by atomic mass is 35.5. The normalized spacial score (nSPS) is 11.0. The molecule has 2 N–H and O–H groups in total. The quantitative estimate of drug-likeness (QED) is 0.304. The minimum atomic E-state index is -0.419. The smallest absolute Gasteiger partial charge is 0.323 e. The van der Waals surface area contributed by atoms with Crippen LogP contribution in [0.15, 0.2) is 61.1 Å². The fourth-order valence-corrected chi connectivity index (χ4v) is 3.98. The summed E-state index contributed by atoms with van der Waals surface area (Å²) in [7, 11) is 3.14. The third kappa shape index (κ3) is 4.39. The Kier molecular flexibility index (Phi) is 6.02. The van der Waals surface area contributed by atoms with Gasteiger partial charge in [0, 0.05) is 28.2 Å². The average molecular weight is 509 g/mol. The van der Waals surface area contributed by atoms with Crippen LogP contribution < -0.4 is 20.1 Å². The number of halogens is 2. The summed E-state index contributed by atoms with van der Waals surface area (Å²) < 4.78 is 12.5. The third-order valence-corrected chi connectivity index (χ3v) is 6.06. The molecular weight excluding hydrogens is 491 g/mol. The highest BCUT2D eigenvalue weighted by Crippen LogP contribution is 2.34. The van der Waals surface area contributed by atoms with Crippen LogP contribution in [0.4, 0.5) is 16.2 Å². The summed E-state index contributed by atoms with van der Waals surface area (Å²) in [6.07, 6.45) is 3.17. The average Bonchev–Trinajstić information content (AvgIpc) is 3.28. The number of hydrogen-bond donors (Lipinski definition) is 2. The van der Waals surface area contributed by atoms with Crippen LogP contribution in [0.1, 0.15) is 0 Å². The van der Waals surface area contributed by atoms with E-state index < -0.39 is 6.03 Å². The zero-order valence-electron chi connectivity index (χ0n) is 18.5. The Morgan fingerprint density at radius 3 is 2.34 bits per heavy atom. The van der Waals surface area contributed by atoms with E-state index in [-0.39, 0.29) is 0 Å². The van der Waals surface area contributed by atoms with Crippen molar-refractivity contribution in [3.8, 4) is 17.3 Å². The zero-order valence-corrected chi connectivity index (χ0v) is 20.1. The summed E-state index contributed by atoms with van der Waals surface area (Å²) in [5.41, 5.74) is 2.60. The Morgan fingerprint density at radius 1 is 0.886 bits per heavy atom. The van der Waals surface area contributed by atoms with Gasteiger partial charge in [-0.3, -0.25) is 0 Å². The second-order valence-electron chi connectivity index (χ2n) is 7.46. The molecule has 176 valence electrons. The van der Waals surface area contributed by atoms with Crippen molar-refractivity contribution in [2.75, 3.05) is 24.9 Å². The van der Waals surface area contributed by atoms with Crippen LogP contribution in [0.2, 0.25) is 10.0 Å². The van der Waals surface area contributed by atoms with Gasteiger partial charge in [0.2, 0.25) is 0 Å². The van der Waals surface area contributed by atoms with Crippen molar-refractivity contribution in [1.29, 1.82) is 0 Å². The molecule has 35 heavy (non-hydrogen) atoms. The maximum Gasteiger partial charge on any atom is 0.323 e. The number of methoxy groups -OCH3 is 2. The first-order valence-electron chi connectivity index (χ1n) is 10.3. The van der Waals surface area contributed by atoms with Crippen LogP contribution >= 0.6 is 23.2 Å². The van der Waals surface area contributed by atoms with Gasteiger partial charge in [0.25, 0.3) is 0 Å². The summed E-state index contributed by atoms with van der Waals surface area (Å²) in [6, 6.07) is 13.5. The molecule has 0 aliphatic heterocycles. The lowest BCUT2D eigenvalue weighted by molar-refractivity contribution is 0.262. The lowest BCUT2D eigenvalue weighted by Gasteiger charge is -2.11. The molecule has 0 spiro atoms. The van der Waals surface area contributed by atoms with Crippen molar-refractivity contribution >= 4 is 62.4 Å². The summed E-state index contributed by atoms with van der Waals surface area (Å²) >= 11 is 11.9. The Balaban J connectivity index is 1.44. The van der Waals surface area contributed by atoms with Crippen LogP contribution in [-0.2, 0) is 0 Å². The van der Waals surface area contributed by atoms with E-state index in [1.54, 1.807) is 55.4 Å². The molecule has 3 aromatic carbocycles. The van der Waals surface area contributed by atoms with Crippen molar-refractivity contribution in [1.82, 2.24) is 19.7 Å². The van der Waals surface area contributed by atoms with Crippen LogP contribution in [0.25, 0.3) is 27.6 Å². The van der Waals surface area contributed by atoms with Gasteiger partial charge < -0.3 is 20.1 Å². The minimum Gasteiger partial charge on any atom is -0.493 e. The Morgan fingerprint density at radius 2 is 1.60 bits per heavy atom. The Hall–Kier alpha value is -4.08. The van der Waals surface area contributed by atoms with Crippen LogP contribution in [0, 0.1) is 0 Å². The van der Waals surface area contributed by atoms with Crippen LogP contribution in [0.3, 0.4) is 0 Å². The van der Waals surface area contributed by atoms with E-state index in [0.717, 1.165) is 16.3 Å². The molecule has 0 aliphatic carbocycles. The monoisotopic (exact) mass is 508 g/mol. The van der Waals surface area contributed by atoms with Gasteiger partial charge in [-0.2, -0.15) is 5.10 Å². The van der Waals surface area contributed by atoms with Crippen molar-refractivity contribution in [3.05, 3.63) is 71.1 Å². The van der Waals surface area contributed by atoms with Gasteiger partial charge in [-0.1, -0.05) is 23.2 Å². The first kappa shape index (κ1) is 22.7. The molecule has 2 aromatic heterocycles. The molecule has 2 heterocycles. The first-order chi connectivity index (χ1) is 17.0. The molecule has 0 radical (unpaired) electrons. The molecule has 0 saturated heterocycles. The lowest BCUT2D eigenvalue weighted by atomic mass is 10.2. The lowest BCUT2D eigenvalue weighted by Crippen LogP contribution is -2.19. The van der Waals surface area contributed by atoms with E-state index in [0.29, 0.717) is 44.3 Å². The SMILES string of the molecule is COc1cc2ncnc(-n3ncc4cc(NC(=O)Nc5ccc(Cl)c(Cl)c5)ccc43)c2cc1OC.